The van der Waals surface area contributed by atoms with Crippen LogP contribution in [0.1, 0.15) is 18.0 Å². The standard InChI is InChI=1S/C15H12BrF3N2O/c16-12-4-3-9-1-2-10(7-11(9)8-12)14(15(17,18)19)21-6-5-13(22)20-21/h1-4,7-8,14H,5-6H2,(H,20,22). The zero-order valence-electron chi connectivity index (χ0n) is 11.3. The maximum absolute atomic E-state index is 13.5. The third kappa shape index (κ3) is 2.96. The predicted molar refractivity (Wildman–Crippen MR) is 79.9 cm³/mol. The fourth-order valence-corrected chi connectivity index (χ4v) is 3.02. The highest BCUT2D eigenvalue weighted by Gasteiger charge is 2.46. The molecule has 1 amide bonds. The number of hydrogen-bond donors (Lipinski definition) is 1. The number of hydrazine groups is 1. The first-order valence-corrected chi connectivity index (χ1v) is 7.46. The molecule has 1 saturated heterocycles. The number of halogens is 4. The monoisotopic (exact) mass is 372 g/mol. The minimum absolute atomic E-state index is 0.0412. The normalized spacial score (nSPS) is 17.7. The lowest BCUT2D eigenvalue weighted by molar-refractivity contribution is -0.191. The van der Waals surface area contributed by atoms with Gasteiger partial charge in [-0.25, -0.2) is 5.01 Å². The van der Waals surface area contributed by atoms with E-state index in [0.717, 1.165) is 14.9 Å². The third-order valence-electron chi connectivity index (χ3n) is 3.61. The van der Waals surface area contributed by atoms with Gasteiger partial charge in [0.2, 0.25) is 5.91 Å². The molecule has 0 bridgehead atoms. The lowest BCUT2D eigenvalue weighted by atomic mass is 10.0. The number of carbonyl (C=O) groups is 1. The Bertz CT molecular complexity index is 732. The van der Waals surface area contributed by atoms with Crippen molar-refractivity contribution in [2.75, 3.05) is 6.54 Å². The SMILES string of the molecule is O=C1CCN(C(c2ccc3ccc(Br)cc3c2)C(F)(F)F)N1. The molecule has 0 aliphatic carbocycles. The Hall–Kier alpha value is -1.60. The average molecular weight is 373 g/mol. The molecule has 1 unspecified atom stereocenters. The van der Waals surface area contributed by atoms with Gasteiger partial charge in [-0.1, -0.05) is 34.1 Å². The molecule has 0 radical (unpaired) electrons. The molecule has 3 rings (SSSR count). The van der Waals surface area contributed by atoms with Gasteiger partial charge in [-0.15, -0.1) is 0 Å². The maximum Gasteiger partial charge on any atom is 0.409 e. The summed E-state index contributed by atoms with van der Waals surface area (Å²) in [4.78, 5) is 11.2. The highest BCUT2D eigenvalue weighted by atomic mass is 79.9. The van der Waals surface area contributed by atoms with Gasteiger partial charge in [0.1, 0.15) is 6.04 Å². The number of alkyl halides is 3. The molecule has 0 spiro atoms. The van der Waals surface area contributed by atoms with Crippen LogP contribution in [0.4, 0.5) is 13.2 Å². The first-order chi connectivity index (χ1) is 10.3. The maximum atomic E-state index is 13.5. The molecule has 116 valence electrons. The first kappa shape index (κ1) is 15.3. The summed E-state index contributed by atoms with van der Waals surface area (Å²) in [6.07, 6.45) is -4.40. The van der Waals surface area contributed by atoms with Crippen molar-refractivity contribution in [3.8, 4) is 0 Å². The lowest BCUT2D eigenvalue weighted by Gasteiger charge is -2.29. The Morgan fingerprint density at radius 3 is 2.50 bits per heavy atom. The van der Waals surface area contributed by atoms with E-state index in [0.29, 0.717) is 5.39 Å². The molecule has 1 N–H and O–H groups in total. The predicted octanol–water partition coefficient (Wildman–Crippen LogP) is 3.94. The van der Waals surface area contributed by atoms with Gasteiger partial charge >= 0.3 is 6.18 Å². The van der Waals surface area contributed by atoms with Gasteiger partial charge in [0.25, 0.3) is 0 Å². The van der Waals surface area contributed by atoms with E-state index in [1.807, 2.05) is 12.1 Å². The number of benzene rings is 2. The van der Waals surface area contributed by atoms with Crippen molar-refractivity contribution in [1.29, 1.82) is 0 Å². The van der Waals surface area contributed by atoms with Crippen LogP contribution in [-0.4, -0.2) is 23.6 Å². The summed E-state index contributed by atoms with van der Waals surface area (Å²) >= 11 is 3.32. The smallest absolute Gasteiger partial charge is 0.288 e. The largest absolute Gasteiger partial charge is 0.409 e. The lowest BCUT2D eigenvalue weighted by Crippen LogP contribution is -2.43. The van der Waals surface area contributed by atoms with E-state index >= 15 is 0 Å². The van der Waals surface area contributed by atoms with E-state index < -0.39 is 18.1 Å². The van der Waals surface area contributed by atoms with E-state index in [-0.39, 0.29) is 18.5 Å². The van der Waals surface area contributed by atoms with Crippen LogP contribution in [0.2, 0.25) is 0 Å². The topological polar surface area (TPSA) is 32.3 Å². The fourth-order valence-electron chi connectivity index (χ4n) is 2.64. The van der Waals surface area contributed by atoms with Gasteiger partial charge in [0.15, 0.2) is 0 Å². The number of amides is 1. The Labute approximate surface area is 133 Å². The summed E-state index contributed by atoms with van der Waals surface area (Å²) in [5.41, 5.74) is 2.39. The summed E-state index contributed by atoms with van der Waals surface area (Å²) in [6.45, 7) is 0.0412. The van der Waals surface area contributed by atoms with E-state index in [4.69, 9.17) is 0 Å². The van der Waals surface area contributed by atoms with Crippen LogP contribution in [-0.2, 0) is 4.79 Å². The van der Waals surface area contributed by atoms with Crippen LogP contribution in [0, 0.1) is 0 Å². The highest BCUT2D eigenvalue weighted by Crippen LogP contribution is 2.39. The molecule has 0 aromatic heterocycles. The van der Waals surface area contributed by atoms with Gasteiger partial charge < -0.3 is 0 Å². The molecule has 22 heavy (non-hydrogen) atoms. The van der Waals surface area contributed by atoms with Gasteiger partial charge in [-0.3, -0.25) is 10.2 Å². The molecule has 1 aliphatic rings. The molecule has 7 heteroatoms. The van der Waals surface area contributed by atoms with Crippen LogP contribution in [0.3, 0.4) is 0 Å². The van der Waals surface area contributed by atoms with Gasteiger partial charge in [0, 0.05) is 17.4 Å². The molecular formula is C15H12BrF3N2O. The Kier molecular flexibility index (Phi) is 3.86. The second-order valence-corrected chi connectivity index (χ2v) is 6.09. The average Bonchev–Trinajstić information content (AvgIpc) is 2.83. The molecule has 1 atom stereocenters. The number of carbonyl (C=O) groups excluding carboxylic acids is 1. The molecule has 1 fully saturated rings. The number of hydrogen-bond acceptors (Lipinski definition) is 2. The Morgan fingerprint density at radius 1 is 1.14 bits per heavy atom. The van der Waals surface area contributed by atoms with E-state index in [2.05, 4.69) is 21.4 Å². The summed E-state index contributed by atoms with van der Waals surface area (Å²) in [7, 11) is 0. The van der Waals surface area contributed by atoms with Crippen molar-refractivity contribution < 1.29 is 18.0 Å². The van der Waals surface area contributed by atoms with Gasteiger partial charge in [-0.05, 0) is 34.5 Å². The van der Waals surface area contributed by atoms with Crippen LogP contribution < -0.4 is 5.43 Å². The molecular weight excluding hydrogens is 361 g/mol. The quantitative estimate of drug-likeness (QED) is 0.865. The zero-order chi connectivity index (χ0) is 15.9. The molecule has 0 saturated carbocycles. The second-order valence-electron chi connectivity index (χ2n) is 5.17. The zero-order valence-corrected chi connectivity index (χ0v) is 12.9. The first-order valence-electron chi connectivity index (χ1n) is 6.67. The number of fused-ring (bicyclic) bond motifs is 1. The van der Waals surface area contributed by atoms with Crippen LogP contribution in [0.15, 0.2) is 40.9 Å². The van der Waals surface area contributed by atoms with Crippen molar-refractivity contribution in [3.63, 3.8) is 0 Å². The minimum Gasteiger partial charge on any atom is -0.288 e. The number of nitrogens with zero attached hydrogens (tertiary/aromatic N) is 1. The van der Waals surface area contributed by atoms with Crippen molar-refractivity contribution in [2.45, 2.75) is 18.6 Å². The third-order valence-corrected chi connectivity index (χ3v) is 4.11. The van der Waals surface area contributed by atoms with E-state index in [1.165, 1.54) is 12.1 Å². The number of nitrogens with one attached hydrogen (secondary N) is 1. The van der Waals surface area contributed by atoms with Crippen molar-refractivity contribution in [2.24, 2.45) is 0 Å². The minimum atomic E-state index is -4.47. The van der Waals surface area contributed by atoms with Crippen molar-refractivity contribution in [1.82, 2.24) is 10.4 Å². The summed E-state index contributed by atoms with van der Waals surface area (Å²) in [5, 5.41) is 2.53. The number of rotatable bonds is 2. The van der Waals surface area contributed by atoms with E-state index in [1.54, 1.807) is 12.1 Å². The fraction of sp³-hybridized carbons (Fsp3) is 0.267. The van der Waals surface area contributed by atoms with Crippen molar-refractivity contribution >= 4 is 32.6 Å². The summed E-state index contributed by atoms with van der Waals surface area (Å²) in [5.74, 6) is -0.391. The molecule has 2 aromatic rings. The molecule has 2 aromatic carbocycles. The van der Waals surface area contributed by atoms with Gasteiger partial charge in [-0.2, -0.15) is 13.2 Å². The van der Waals surface area contributed by atoms with Crippen LogP contribution in [0.25, 0.3) is 10.8 Å². The van der Waals surface area contributed by atoms with Crippen molar-refractivity contribution in [3.05, 3.63) is 46.4 Å². The summed E-state index contributed by atoms with van der Waals surface area (Å²) < 4.78 is 41.2. The summed E-state index contributed by atoms with van der Waals surface area (Å²) in [6, 6.07) is 8.24. The van der Waals surface area contributed by atoms with Crippen LogP contribution in [0.5, 0.6) is 0 Å². The second kappa shape index (κ2) is 5.55. The van der Waals surface area contributed by atoms with E-state index in [9.17, 15) is 18.0 Å². The highest BCUT2D eigenvalue weighted by molar-refractivity contribution is 9.10. The Morgan fingerprint density at radius 2 is 1.86 bits per heavy atom. The molecule has 1 aliphatic heterocycles. The molecule has 3 nitrogen and oxygen atoms in total. The molecule has 1 heterocycles. The van der Waals surface area contributed by atoms with Crippen LogP contribution >= 0.6 is 15.9 Å². The van der Waals surface area contributed by atoms with Gasteiger partial charge in [0.05, 0.1) is 0 Å². The Balaban J connectivity index is 2.05.